The van der Waals surface area contributed by atoms with Gasteiger partial charge in [0.1, 0.15) is 0 Å². The summed E-state index contributed by atoms with van der Waals surface area (Å²) in [4.78, 5) is 0. The molecule has 118 valence electrons. The molecule has 0 fully saturated rings. The van der Waals surface area contributed by atoms with Crippen LogP contribution >= 0.6 is 0 Å². The average molecular weight is 431 g/mol. The molecule has 3 aromatic rings. The van der Waals surface area contributed by atoms with E-state index in [1.165, 1.54) is 16.7 Å². The van der Waals surface area contributed by atoms with Gasteiger partial charge in [0.25, 0.3) is 0 Å². The molecular weight excluding hydrogens is 404 g/mol. The van der Waals surface area contributed by atoms with Gasteiger partial charge in [-0.2, -0.15) is 53.1 Å². The van der Waals surface area contributed by atoms with Crippen LogP contribution < -0.4 is 0 Å². The second-order valence-electron chi connectivity index (χ2n) is 4.94. The van der Waals surface area contributed by atoms with Crippen molar-refractivity contribution in [1.29, 1.82) is 0 Å². The molecule has 22 heavy (non-hydrogen) atoms. The zero-order valence-corrected chi connectivity index (χ0v) is 16.4. The smallest absolute Gasteiger partial charge is 0.213 e. The number of rotatable bonds is 3. The maximum absolute atomic E-state index is 2.16. The summed E-state index contributed by atoms with van der Waals surface area (Å²) in [6.45, 7) is 6.49. The molecule has 0 radical (unpaired) electrons. The predicted octanol–water partition coefficient (Wildman–Crippen LogP) is 5.90. The molecule has 0 bridgehead atoms. The fourth-order valence-electron chi connectivity index (χ4n) is 1.95. The molecule has 0 aromatic heterocycles. The summed E-state index contributed by atoms with van der Waals surface area (Å²) < 4.78 is 0. The minimum Gasteiger partial charge on any atom is -0.213 e. The van der Waals surface area contributed by atoms with Crippen LogP contribution in [-0.4, -0.2) is 0 Å². The molecule has 3 aromatic carbocycles. The zero-order valence-electron chi connectivity index (χ0n) is 13.9. The Morgan fingerprint density at radius 1 is 0.455 bits per heavy atom. The van der Waals surface area contributed by atoms with Crippen LogP contribution in [0.25, 0.3) is 0 Å². The van der Waals surface area contributed by atoms with E-state index in [0.29, 0.717) is 0 Å². The van der Waals surface area contributed by atoms with Crippen molar-refractivity contribution in [1.82, 2.24) is 0 Å². The first-order valence-corrected chi connectivity index (χ1v) is 7.91. The average Bonchev–Trinajstić information content (AvgIpc) is 3.31. The summed E-state index contributed by atoms with van der Waals surface area (Å²) in [5.41, 5.74) is 4.29. The molecule has 3 rings (SSSR count). The zero-order chi connectivity index (χ0) is 15.3. The number of hydrogen-bond donors (Lipinski definition) is 0. The Balaban J connectivity index is 0.000000294. The van der Waals surface area contributed by atoms with Crippen molar-refractivity contribution < 1.29 is 49.4 Å². The summed E-state index contributed by atoms with van der Waals surface area (Å²) in [5, 5.41) is 0. The third-order valence-corrected chi connectivity index (χ3v) is 3.42. The summed E-state index contributed by atoms with van der Waals surface area (Å²) in [7, 11) is 0. The first-order valence-electron chi connectivity index (χ1n) is 7.91. The normalized spacial score (nSPS) is 8.86. The molecular formula is C21H27Eu. The minimum atomic E-state index is 0. The van der Waals surface area contributed by atoms with Crippen molar-refractivity contribution in [3.8, 4) is 0 Å². The Bertz CT molecular complexity index is 431. The van der Waals surface area contributed by atoms with Gasteiger partial charge >= 0.3 is 49.4 Å². The molecule has 0 atom stereocenters. The van der Waals surface area contributed by atoms with E-state index in [0.717, 1.165) is 19.3 Å². The summed E-state index contributed by atoms with van der Waals surface area (Å²) >= 11 is 0. The number of aryl methyl sites for hydroxylation is 3. The van der Waals surface area contributed by atoms with Gasteiger partial charge in [0, 0.05) is 0 Å². The molecule has 0 amide bonds. The van der Waals surface area contributed by atoms with E-state index in [4.69, 9.17) is 0 Å². The predicted molar refractivity (Wildman–Crippen MR) is 94.2 cm³/mol. The van der Waals surface area contributed by atoms with Crippen molar-refractivity contribution in [2.24, 2.45) is 0 Å². The molecule has 0 saturated carbocycles. The second kappa shape index (κ2) is 14.2. The maximum atomic E-state index is 2.16. The standard InChI is InChI=1S/3C7H9.Eu/c3*1-2-7-5-3-4-6-7;/h3*3-6H,2H2,1H3;/q3*-1;+3. The Kier molecular flexibility index (Phi) is 14.0. The second-order valence-corrected chi connectivity index (χ2v) is 4.94. The van der Waals surface area contributed by atoms with Gasteiger partial charge in [0.2, 0.25) is 0 Å². The van der Waals surface area contributed by atoms with Crippen LogP contribution in [0, 0.1) is 49.4 Å². The Hall–Kier alpha value is -0.366. The summed E-state index contributed by atoms with van der Waals surface area (Å²) in [6, 6.07) is 25.2. The van der Waals surface area contributed by atoms with E-state index >= 15 is 0 Å². The Morgan fingerprint density at radius 2 is 0.636 bits per heavy atom. The Morgan fingerprint density at radius 3 is 0.727 bits per heavy atom. The van der Waals surface area contributed by atoms with E-state index in [1.807, 2.05) is 0 Å². The number of hydrogen-bond acceptors (Lipinski definition) is 0. The van der Waals surface area contributed by atoms with E-state index in [-0.39, 0.29) is 49.4 Å². The van der Waals surface area contributed by atoms with Crippen molar-refractivity contribution >= 4 is 0 Å². The molecule has 0 N–H and O–H groups in total. The van der Waals surface area contributed by atoms with Crippen molar-refractivity contribution in [3.63, 3.8) is 0 Å². The summed E-state index contributed by atoms with van der Waals surface area (Å²) in [5.74, 6) is 0. The van der Waals surface area contributed by atoms with Crippen molar-refractivity contribution in [2.75, 3.05) is 0 Å². The first kappa shape index (κ1) is 21.6. The van der Waals surface area contributed by atoms with Crippen LogP contribution in [0.4, 0.5) is 0 Å². The topological polar surface area (TPSA) is 0 Å². The third-order valence-electron chi connectivity index (χ3n) is 3.42. The van der Waals surface area contributed by atoms with E-state index in [1.54, 1.807) is 0 Å². The van der Waals surface area contributed by atoms with Crippen LogP contribution in [0.1, 0.15) is 37.5 Å². The molecule has 0 spiro atoms. The molecule has 0 heterocycles. The van der Waals surface area contributed by atoms with Gasteiger partial charge in [0.05, 0.1) is 0 Å². The molecule has 0 aliphatic rings. The van der Waals surface area contributed by atoms with Gasteiger partial charge in [-0.15, -0.1) is 0 Å². The SMILES string of the molecule is CC[c-]1cccc1.CC[c-]1cccc1.CC[c-]1cccc1.[Eu+3]. The van der Waals surface area contributed by atoms with Crippen LogP contribution in [0.3, 0.4) is 0 Å². The summed E-state index contributed by atoms with van der Waals surface area (Å²) in [6.07, 6.45) is 3.48. The van der Waals surface area contributed by atoms with Gasteiger partial charge in [-0.05, 0) is 0 Å². The van der Waals surface area contributed by atoms with Crippen LogP contribution in [0.5, 0.6) is 0 Å². The van der Waals surface area contributed by atoms with Crippen LogP contribution in [0.2, 0.25) is 0 Å². The maximum Gasteiger partial charge on any atom is 3.00 e. The quantitative estimate of drug-likeness (QED) is 0.453. The van der Waals surface area contributed by atoms with Crippen LogP contribution in [-0.2, 0) is 19.3 Å². The molecule has 0 aliphatic carbocycles. The fraction of sp³-hybridized carbons (Fsp3) is 0.286. The fourth-order valence-corrected chi connectivity index (χ4v) is 1.95. The first-order chi connectivity index (χ1) is 10.3. The van der Waals surface area contributed by atoms with Gasteiger partial charge in [-0.1, -0.05) is 40.0 Å². The molecule has 0 unspecified atom stereocenters. The van der Waals surface area contributed by atoms with Gasteiger partial charge < -0.3 is 0 Å². The molecule has 0 nitrogen and oxygen atoms in total. The Labute approximate surface area is 177 Å². The minimum absolute atomic E-state index is 0. The third kappa shape index (κ3) is 9.61. The van der Waals surface area contributed by atoms with Crippen molar-refractivity contribution in [3.05, 3.63) is 89.5 Å². The van der Waals surface area contributed by atoms with Crippen LogP contribution in [0.15, 0.2) is 72.8 Å². The van der Waals surface area contributed by atoms with E-state index in [2.05, 4.69) is 93.6 Å². The molecule has 0 saturated heterocycles. The molecule has 1 heteroatoms. The van der Waals surface area contributed by atoms with Gasteiger partial charge in [-0.3, -0.25) is 0 Å². The van der Waals surface area contributed by atoms with E-state index in [9.17, 15) is 0 Å². The monoisotopic (exact) mass is 432 g/mol. The van der Waals surface area contributed by atoms with Crippen molar-refractivity contribution in [2.45, 2.75) is 40.0 Å². The molecule has 0 aliphatic heterocycles. The largest absolute Gasteiger partial charge is 3.00 e. The van der Waals surface area contributed by atoms with Gasteiger partial charge in [-0.25, -0.2) is 36.4 Å². The van der Waals surface area contributed by atoms with Gasteiger partial charge in [0.15, 0.2) is 0 Å². The van der Waals surface area contributed by atoms with E-state index < -0.39 is 0 Å².